The topological polar surface area (TPSA) is 79.0 Å². The van der Waals surface area contributed by atoms with Gasteiger partial charge in [0.2, 0.25) is 0 Å². The number of nitrogens with one attached hydrogen (secondary N) is 3. The summed E-state index contributed by atoms with van der Waals surface area (Å²) in [5, 5.41) is 13.6. The molecule has 2 aliphatic rings. The number of halogens is 1. The molecule has 150 valence electrons. The number of aromatic amines is 1. The van der Waals surface area contributed by atoms with Crippen LogP contribution in [-0.4, -0.2) is 34.2 Å². The molecule has 2 aromatic rings. The van der Waals surface area contributed by atoms with Crippen molar-refractivity contribution in [2.24, 2.45) is 0 Å². The SMILES string of the molecule is CC(C)NC(=O)OC1CCC(c2cc(Nc3ccc(F)c4c3CCS4)n[nH]2)C1. The number of hydrogen-bond donors (Lipinski definition) is 3. The van der Waals surface area contributed by atoms with Crippen molar-refractivity contribution in [1.29, 1.82) is 0 Å². The predicted molar refractivity (Wildman–Crippen MR) is 108 cm³/mol. The van der Waals surface area contributed by atoms with E-state index in [4.69, 9.17) is 4.74 Å². The average Bonchev–Trinajstić information content (AvgIpc) is 3.36. The van der Waals surface area contributed by atoms with Gasteiger partial charge in [-0.3, -0.25) is 5.10 Å². The zero-order valence-corrected chi connectivity index (χ0v) is 16.9. The molecule has 28 heavy (non-hydrogen) atoms. The van der Waals surface area contributed by atoms with Gasteiger partial charge in [-0.2, -0.15) is 5.10 Å². The fourth-order valence-corrected chi connectivity index (χ4v) is 4.98. The molecule has 1 aromatic carbocycles. The van der Waals surface area contributed by atoms with Crippen LogP contribution in [0, 0.1) is 5.82 Å². The van der Waals surface area contributed by atoms with Crippen molar-refractivity contribution in [1.82, 2.24) is 15.5 Å². The molecule has 2 unspecified atom stereocenters. The van der Waals surface area contributed by atoms with Crippen LogP contribution < -0.4 is 10.6 Å². The number of aromatic nitrogens is 2. The number of carbonyl (C=O) groups is 1. The highest BCUT2D eigenvalue weighted by atomic mass is 32.2. The molecule has 1 fully saturated rings. The van der Waals surface area contributed by atoms with E-state index in [0.29, 0.717) is 0 Å². The Hall–Kier alpha value is -2.22. The third-order valence-electron chi connectivity index (χ3n) is 5.18. The van der Waals surface area contributed by atoms with Gasteiger partial charge < -0.3 is 15.4 Å². The lowest BCUT2D eigenvalue weighted by molar-refractivity contribution is 0.0981. The Labute approximate surface area is 168 Å². The Morgan fingerprint density at radius 1 is 1.39 bits per heavy atom. The second-order valence-corrected chi connectivity index (χ2v) is 8.78. The van der Waals surface area contributed by atoms with E-state index in [9.17, 15) is 9.18 Å². The minimum atomic E-state index is -0.351. The Bertz CT molecular complexity index is 870. The number of amides is 1. The lowest BCUT2D eigenvalue weighted by atomic mass is 10.0. The van der Waals surface area contributed by atoms with Gasteiger partial charge in [-0.1, -0.05) is 0 Å². The van der Waals surface area contributed by atoms with E-state index in [1.165, 1.54) is 6.07 Å². The summed E-state index contributed by atoms with van der Waals surface area (Å²) in [5.41, 5.74) is 2.98. The minimum Gasteiger partial charge on any atom is -0.446 e. The van der Waals surface area contributed by atoms with Gasteiger partial charge in [-0.15, -0.1) is 11.8 Å². The van der Waals surface area contributed by atoms with Crippen LogP contribution >= 0.6 is 11.8 Å². The van der Waals surface area contributed by atoms with Crippen molar-refractivity contribution in [2.75, 3.05) is 11.1 Å². The van der Waals surface area contributed by atoms with Gasteiger partial charge in [0.05, 0.1) is 0 Å². The lowest BCUT2D eigenvalue weighted by Gasteiger charge is -2.14. The Morgan fingerprint density at radius 2 is 2.25 bits per heavy atom. The summed E-state index contributed by atoms with van der Waals surface area (Å²) in [6.07, 6.45) is 3.02. The molecule has 1 aromatic heterocycles. The highest BCUT2D eigenvalue weighted by molar-refractivity contribution is 7.99. The Balaban J connectivity index is 1.38. The highest BCUT2D eigenvalue weighted by Crippen LogP contribution is 2.40. The van der Waals surface area contributed by atoms with Crippen LogP contribution in [0.3, 0.4) is 0 Å². The van der Waals surface area contributed by atoms with Crippen molar-refractivity contribution in [3.8, 4) is 0 Å². The van der Waals surface area contributed by atoms with Crippen molar-refractivity contribution in [3.63, 3.8) is 0 Å². The van der Waals surface area contributed by atoms with Crippen molar-refractivity contribution >= 4 is 29.4 Å². The van der Waals surface area contributed by atoms with E-state index < -0.39 is 0 Å². The maximum Gasteiger partial charge on any atom is 0.407 e. The third-order valence-corrected chi connectivity index (χ3v) is 6.31. The molecule has 2 heterocycles. The standard InChI is InChI=1S/C20H25FN4O2S/c1-11(2)22-20(26)27-13-4-3-12(9-13)17-10-18(25-24-17)23-16-6-5-15(21)19-14(16)7-8-28-19/h5-6,10-13H,3-4,7-9H2,1-2H3,(H,22,26)(H2,23,24,25). The monoisotopic (exact) mass is 404 g/mol. The third kappa shape index (κ3) is 4.11. The molecule has 6 nitrogen and oxygen atoms in total. The van der Waals surface area contributed by atoms with E-state index in [0.717, 1.165) is 59.1 Å². The summed E-state index contributed by atoms with van der Waals surface area (Å²) in [7, 11) is 0. The van der Waals surface area contributed by atoms with E-state index in [-0.39, 0.29) is 30.0 Å². The molecule has 1 saturated carbocycles. The molecule has 1 aliphatic carbocycles. The Kier molecular flexibility index (Phi) is 5.48. The van der Waals surface area contributed by atoms with Crippen LogP contribution in [0.15, 0.2) is 23.1 Å². The largest absolute Gasteiger partial charge is 0.446 e. The number of anilines is 2. The summed E-state index contributed by atoms with van der Waals surface area (Å²) in [6.45, 7) is 3.82. The summed E-state index contributed by atoms with van der Waals surface area (Å²) >= 11 is 1.56. The first-order chi connectivity index (χ1) is 13.5. The van der Waals surface area contributed by atoms with E-state index in [1.54, 1.807) is 17.8 Å². The van der Waals surface area contributed by atoms with Crippen LogP contribution in [0.25, 0.3) is 0 Å². The van der Waals surface area contributed by atoms with Crippen LogP contribution in [0.5, 0.6) is 0 Å². The van der Waals surface area contributed by atoms with Gasteiger partial charge in [0.1, 0.15) is 11.9 Å². The van der Waals surface area contributed by atoms with Crippen LogP contribution in [0.2, 0.25) is 0 Å². The fourth-order valence-electron chi connectivity index (χ4n) is 3.87. The molecule has 0 radical (unpaired) electrons. The molecule has 4 rings (SSSR count). The van der Waals surface area contributed by atoms with Gasteiger partial charge in [-0.05, 0) is 57.2 Å². The number of thioether (sulfide) groups is 1. The summed E-state index contributed by atoms with van der Waals surface area (Å²) in [6, 6.07) is 5.35. The van der Waals surface area contributed by atoms with Gasteiger partial charge in [0.25, 0.3) is 0 Å². The molecule has 2 atom stereocenters. The van der Waals surface area contributed by atoms with Crippen LogP contribution in [-0.2, 0) is 11.2 Å². The van der Waals surface area contributed by atoms with E-state index in [1.807, 2.05) is 19.9 Å². The Morgan fingerprint density at radius 3 is 3.07 bits per heavy atom. The highest BCUT2D eigenvalue weighted by Gasteiger charge is 2.30. The smallest absolute Gasteiger partial charge is 0.407 e. The molecular weight excluding hydrogens is 379 g/mol. The van der Waals surface area contributed by atoms with Gasteiger partial charge in [0.15, 0.2) is 5.82 Å². The van der Waals surface area contributed by atoms with Gasteiger partial charge >= 0.3 is 6.09 Å². The predicted octanol–water partition coefficient (Wildman–Crippen LogP) is 4.71. The number of fused-ring (bicyclic) bond motifs is 1. The summed E-state index contributed by atoms with van der Waals surface area (Å²) in [4.78, 5) is 12.5. The number of H-pyrrole nitrogens is 1. The molecule has 8 heteroatoms. The van der Waals surface area contributed by atoms with Crippen LogP contribution in [0.4, 0.5) is 20.7 Å². The number of rotatable bonds is 5. The zero-order valence-electron chi connectivity index (χ0n) is 16.0. The quantitative estimate of drug-likeness (QED) is 0.673. The molecule has 3 N–H and O–H groups in total. The maximum atomic E-state index is 13.9. The molecule has 0 saturated heterocycles. The first-order valence-corrected chi connectivity index (χ1v) is 10.7. The first kappa shape index (κ1) is 19.1. The number of ether oxygens (including phenoxy) is 1. The number of carbonyl (C=O) groups excluding carboxylic acids is 1. The number of hydrogen-bond acceptors (Lipinski definition) is 5. The summed E-state index contributed by atoms with van der Waals surface area (Å²) < 4.78 is 19.4. The fraction of sp³-hybridized carbons (Fsp3) is 0.500. The average molecular weight is 405 g/mol. The number of benzene rings is 1. The van der Waals surface area contributed by atoms with Crippen molar-refractivity contribution in [3.05, 3.63) is 35.3 Å². The molecular formula is C20H25FN4O2S. The number of alkyl carbamates (subject to hydrolysis) is 1. The second-order valence-electron chi connectivity index (χ2n) is 7.67. The lowest BCUT2D eigenvalue weighted by Crippen LogP contribution is -2.33. The maximum absolute atomic E-state index is 13.9. The van der Waals surface area contributed by atoms with Gasteiger partial charge in [0, 0.05) is 40.1 Å². The first-order valence-electron chi connectivity index (χ1n) is 9.73. The zero-order chi connectivity index (χ0) is 19.7. The molecule has 0 spiro atoms. The van der Waals surface area contributed by atoms with E-state index >= 15 is 0 Å². The van der Waals surface area contributed by atoms with Gasteiger partial charge in [-0.25, -0.2) is 9.18 Å². The van der Waals surface area contributed by atoms with Crippen molar-refractivity contribution in [2.45, 2.75) is 62.5 Å². The second kappa shape index (κ2) is 8.03. The molecule has 0 bridgehead atoms. The summed E-state index contributed by atoms with van der Waals surface area (Å²) in [5.74, 6) is 1.77. The molecule has 1 aliphatic heterocycles. The van der Waals surface area contributed by atoms with Crippen molar-refractivity contribution < 1.29 is 13.9 Å². The van der Waals surface area contributed by atoms with Crippen LogP contribution in [0.1, 0.15) is 50.3 Å². The van der Waals surface area contributed by atoms with E-state index in [2.05, 4.69) is 20.8 Å². The molecule has 1 amide bonds. The normalized spacial score (nSPS) is 21.0. The minimum absolute atomic E-state index is 0.0669. The number of nitrogens with zero attached hydrogens (tertiary/aromatic N) is 1.